The first-order chi connectivity index (χ1) is 5.61. The number of carbonyl (C=O) groups is 1. The van der Waals surface area contributed by atoms with E-state index in [1.54, 1.807) is 24.3 Å². The lowest BCUT2D eigenvalue weighted by atomic mass is 10.2. The van der Waals surface area contributed by atoms with E-state index >= 15 is 0 Å². The van der Waals surface area contributed by atoms with Gasteiger partial charge in [-0.2, -0.15) is 0 Å². The molecule has 0 bridgehead atoms. The second-order valence-corrected chi connectivity index (χ2v) is 2.70. The highest BCUT2D eigenvalue weighted by Crippen LogP contribution is 2.07. The molecule has 1 aromatic carbocycles. The average Bonchev–Trinajstić information content (AvgIpc) is 2.04. The minimum absolute atomic E-state index is 0.363. The fraction of sp³-hybridized carbons (Fsp3) is 0. The molecule has 4 nitrogen and oxygen atoms in total. The summed E-state index contributed by atoms with van der Waals surface area (Å²) >= 11 is 3.66. The van der Waals surface area contributed by atoms with Gasteiger partial charge < -0.3 is 5.73 Å². The van der Waals surface area contributed by atoms with Crippen molar-refractivity contribution in [3.8, 4) is 0 Å². The number of anilines is 1. The number of nitrogens with zero attached hydrogens (tertiary/aromatic N) is 1. The number of hydrazine groups is 1. The van der Waals surface area contributed by atoms with Gasteiger partial charge in [-0.05, 0) is 37.1 Å². The van der Waals surface area contributed by atoms with Gasteiger partial charge in [-0.3, -0.25) is 4.79 Å². The van der Waals surface area contributed by atoms with Crippen molar-refractivity contribution in [1.29, 1.82) is 0 Å². The highest BCUT2D eigenvalue weighted by atomic mass is 32.1. The summed E-state index contributed by atoms with van der Waals surface area (Å²) in [5, 5.41) is 0. The molecule has 0 saturated carbocycles. The molecule has 64 valence electrons. The van der Waals surface area contributed by atoms with Gasteiger partial charge in [-0.1, -0.05) is 0 Å². The summed E-state index contributed by atoms with van der Waals surface area (Å²) in [7, 11) is 0. The third kappa shape index (κ3) is 1.90. The van der Waals surface area contributed by atoms with Crippen molar-refractivity contribution in [3.05, 3.63) is 29.8 Å². The molecule has 0 saturated heterocycles. The molecule has 0 atom stereocenters. The number of amides is 1. The second-order valence-electron chi connectivity index (χ2n) is 2.27. The first-order valence-electron chi connectivity index (χ1n) is 3.25. The SMILES string of the molecule is Nc1ccc(C(=O)N(N)S)cc1. The molecule has 0 unspecified atom stereocenters. The van der Waals surface area contributed by atoms with Crippen molar-refractivity contribution in [2.75, 3.05) is 5.73 Å². The Morgan fingerprint density at radius 2 is 1.83 bits per heavy atom. The Labute approximate surface area is 75.7 Å². The van der Waals surface area contributed by atoms with Crippen LogP contribution < -0.4 is 11.6 Å². The molecule has 1 rings (SSSR count). The van der Waals surface area contributed by atoms with Crippen molar-refractivity contribution in [2.45, 2.75) is 0 Å². The Balaban J connectivity index is 2.90. The fourth-order valence-electron chi connectivity index (χ4n) is 0.758. The highest BCUT2D eigenvalue weighted by molar-refractivity contribution is 7.78. The number of rotatable bonds is 1. The Hall–Kier alpha value is -1.20. The van der Waals surface area contributed by atoms with E-state index in [-0.39, 0.29) is 5.91 Å². The van der Waals surface area contributed by atoms with E-state index in [0.717, 1.165) is 4.41 Å². The van der Waals surface area contributed by atoms with E-state index in [9.17, 15) is 4.79 Å². The van der Waals surface area contributed by atoms with Crippen LogP contribution in [0.25, 0.3) is 0 Å². The molecule has 0 aliphatic rings. The molecular weight excluding hydrogens is 174 g/mol. The van der Waals surface area contributed by atoms with E-state index in [2.05, 4.69) is 12.8 Å². The lowest BCUT2D eigenvalue weighted by molar-refractivity contribution is 0.0874. The molecule has 0 heterocycles. The van der Waals surface area contributed by atoms with E-state index in [0.29, 0.717) is 11.3 Å². The molecule has 12 heavy (non-hydrogen) atoms. The van der Waals surface area contributed by atoms with Crippen molar-refractivity contribution in [3.63, 3.8) is 0 Å². The Bertz CT molecular complexity index is 283. The van der Waals surface area contributed by atoms with Crippen LogP contribution in [0, 0.1) is 0 Å². The summed E-state index contributed by atoms with van der Waals surface area (Å²) in [6.45, 7) is 0. The largest absolute Gasteiger partial charge is 0.399 e. The van der Waals surface area contributed by atoms with Gasteiger partial charge in [-0.25, -0.2) is 10.3 Å². The molecule has 0 aliphatic carbocycles. The predicted octanol–water partition coefficient (Wildman–Crippen LogP) is 0.430. The van der Waals surface area contributed by atoms with Crippen molar-refractivity contribution >= 4 is 24.4 Å². The predicted molar refractivity (Wildman–Crippen MR) is 50.2 cm³/mol. The van der Waals surface area contributed by atoms with E-state index in [1.807, 2.05) is 0 Å². The minimum Gasteiger partial charge on any atom is -0.399 e. The molecular formula is C7H9N3OS. The molecule has 1 aromatic rings. The lowest BCUT2D eigenvalue weighted by Gasteiger charge is -2.07. The number of nitrogen functional groups attached to an aromatic ring is 1. The molecule has 0 aliphatic heterocycles. The summed E-state index contributed by atoms with van der Waals surface area (Å²) in [6, 6.07) is 6.44. The number of carbonyl (C=O) groups excluding carboxylic acids is 1. The summed E-state index contributed by atoms with van der Waals surface area (Å²) < 4.78 is 0.728. The van der Waals surface area contributed by atoms with Crippen LogP contribution in [0.5, 0.6) is 0 Å². The third-order valence-corrected chi connectivity index (χ3v) is 1.55. The van der Waals surface area contributed by atoms with Gasteiger partial charge in [0.2, 0.25) is 0 Å². The number of thiol groups is 1. The molecule has 0 aromatic heterocycles. The van der Waals surface area contributed by atoms with Crippen LogP contribution >= 0.6 is 12.8 Å². The molecule has 1 amide bonds. The van der Waals surface area contributed by atoms with Crippen molar-refractivity contribution < 1.29 is 4.79 Å². The van der Waals surface area contributed by atoms with Crippen LogP contribution in [0.15, 0.2) is 24.3 Å². The van der Waals surface area contributed by atoms with Gasteiger partial charge in [0.1, 0.15) is 0 Å². The zero-order valence-electron chi connectivity index (χ0n) is 6.27. The van der Waals surface area contributed by atoms with Crippen molar-refractivity contribution in [1.82, 2.24) is 4.41 Å². The number of benzene rings is 1. The summed E-state index contributed by atoms with van der Waals surface area (Å²) in [4.78, 5) is 11.1. The van der Waals surface area contributed by atoms with E-state index < -0.39 is 0 Å². The average molecular weight is 183 g/mol. The van der Waals surface area contributed by atoms with Gasteiger partial charge >= 0.3 is 0 Å². The zero-order valence-corrected chi connectivity index (χ0v) is 7.16. The van der Waals surface area contributed by atoms with Gasteiger partial charge in [0.25, 0.3) is 5.91 Å². The van der Waals surface area contributed by atoms with Crippen LogP contribution in [0.1, 0.15) is 10.4 Å². The zero-order chi connectivity index (χ0) is 9.14. The van der Waals surface area contributed by atoms with E-state index in [1.165, 1.54) is 0 Å². The Morgan fingerprint density at radius 3 is 2.25 bits per heavy atom. The Morgan fingerprint density at radius 1 is 1.33 bits per heavy atom. The van der Waals surface area contributed by atoms with Gasteiger partial charge in [-0.15, -0.1) is 0 Å². The summed E-state index contributed by atoms with van der Waals surface area (Å²) in [6.07, 6.45) is 0. The molecule has 4 N–H and O–H groups in total. The quantitative estimate of drug-likeness (QED) is 0.194. The molecule has 0 radical (unpaired) electrons. The first kappa shape index (κ1) is 8.89. The topological polar surface area (TPSA) is 72.4 Å². The van der Waals surface area contributed by atoms with Gasteiger partial charge in [0, 0.05) is 11.3 Å². The first-order valence-corrected chi connectivity index (χ1v) is 3.65. The Kier molecular flexibility index (Phi) is 2.57. The minimum atomic E-state index is -0.363. The molecule has 0 fully saturated rings. The summed E-state index contributed by atoms with van der Waals surface area (Å²) in [5.41, 5.74) is 6.49. The lowest BCUT2D eigenvalue weighted by Crippen LogP contribution is -2.27. The monoisotopic (exact) mass is 183 g/mol. The van der Waals surface area contributed by atoms with Crippen LogP contribution in [-0.4, -0.2) is 10.3 Å². The van der Waals surface area contributed by atoms with Gasteiger partial charge in [0.05, 0.1) is 0 Å². The van der Waals surface area contributed by atoms with Crippen LogP contribution in [-0.2, 0) is 0 Å². The molecule has 5 heteroatoms. The van der Waals surface area contributed by atoms with Gasteiger partial charge in [0.15, 0.2) is 0 Å². The number of hydrogen-bond acceptors (Lipinski definition) is 4. The molecule has 0 spiro atoms. The number of nitrogens with two attached hydrogens (primary N) is 2. The highest BCUT2D eigenvalue weighted by Gasteiger charge is 2.07. The van der Waals surface area contributed by atoms with E-state index in [4.69, 9.17) is 11.6 Å². The summed E-state index contributed by atoms with van der Waals surface area (Å²) in [5.74, 6) is 4.76. The van der Waals surface area contributed by atoms with Crippen LogP contribution in [0.3, 0.4) is 0 Å². The second kappa shape index (κ2) is 3.46. The standard InChI is InChI=1S/C7H9N3OS/c8-6-3-1-5(2-4-6)7(11)10(9)12/h1-4,12H,8-9H2. The fourth-order valence-corrected chi connectivity index (χ4v) is 0.873. The normalized spacial score (nSPS) is 9.50. The van der Waals surface area contributed by atoms with Crippen LogP contribution in [0.4, 0.5) is 5.69 Å². The van der Waals surface area contributed by atoms with Crippen LogP contribution in [0.2, 0.25) is 0 Å². The maximum atomic E-state index is 11.1. The number of hydrogen-bond donors (Lipinski definition) is 3. The maximum absolute atomic E-state index is 11.1. The third-order valence-electron chi connectivity index (χ3n) is 1.37. The van der Waals surface area contributed by atoms with Crippen molar-refractivity contribution in [2.24, 2.45) is 5.84 Å². The maximum Gasteiger partial charge on any atom is 0.277 e. The smallest absolute Gasteiger partial charge is 0.277 e.